The van der Waals surface area contributed by atoms with Crippen LogP contribution in [0.3, 0.4) is 0 Å². The van der Waals surface area contributed by atoms with E-state index in [0.717, 1.165) is 0 Å². The molecular weight excluding hydrogens is 299 g/mol. The molecule has 0 saturated heterocycles. The van der Waals surface area contributed by atoms with Gasteiger partial charge in [0.25, 0.3) is 5.91 Å². The first-order valence-electron chi connectivity index (χ1n) is 7.24. The second-order valence-electron chi connectivity index (χ2n) is 5.54. The number of halogens is 1. The second-order valence-corrected chi connectivity index (χ2v) is 5.54. The fraction of sp³-hybridized carbons (Fsp3) is 0.312. The number of anilines is 1. The number of carbonyl (C=O) groups excluding carboxylic acids is 2. The van der Waals surface area contributed by atoms with Crippen LogP contribution in [0.15, 0.2) is 36.5 Å². The van der Waals surface area contributed by atoms with Crippen molar-refractivity contribution in [1.29, 1.82) is 0 Å². The summed E-state index contributed by atoms with van der Waals surface area (Å²) in [5, 5.41) is 9.27. The molecule has 0 aliphatic carbocycles. The molecule has 0 aliphatic heterocycles. The Balaban J connectivity index is 2.10. The lowest BCUT2D eigenvalue weighted by molar-refractivity contribution is -0.118. The standard InChI is InChI=1S/C16H19FN4O2/c1-10(2)14(16(23)18-13-8-9-21(3)20-13)19-15(22)11-6-4-5-7-12(11)17/h4-10,14H,1-3H3,(H,19,22)(H,18,20,23). The number of nitrogens with zero attached hydrogens (tertiary/aromatic N) is 2. The highest BCUT2D eigenvalue weighted by atomic mass is 19.1. The number of nitrogens with one attached hydrogen (secondary N) is 2. The van der Waals surface area contributed by atoms with Crippen LogP contribution in [0.2, 0.25) is 0 Å². The van der Waals surface area contributed by atoms with Crippen LogP contribution < -0.4 is 10.6 Å². The van der Waals surface area contributed by atoms with Crippen molar-refractivity contribution in [3.8, 4) is 0 Å². The minimum absolute atomic E-state index is 0.0937. The first-order valence-corrected chi connectivity index (χ1v) is 7.24. The smallest absolute Gasteiger partial charge is 0.254 e. The van der Waals surface area contributed by atoms with Gasteiger partial charge in [0, 0.05) is 19.3 Å². The molecule has 23 heavy (non-hydrogen) atoms. The summed E-state index contributed by atoms with van der Waals surface area (Å²) in [5.41, 5.74) is -0.0937. The van der Waals surface area contributed by atoms with Gasteiger partial charge in [-0.15, -0.1) is 0 Å². The van der Waals surface area contributed by atoms with E-state index in [1.165, 1.54) is 18.2 Å². The number of hydrogen-bond acceptors (Lipinski definition) is 3. The van der Waals surface area contributed by atoms with Gasteiger partial charge >= 0.3 is 0 Å². The lowest BCUT2D eigenvalue weighted by atomic mass is 10.0. The Morgan fingerprint density at radius 3 is 2.48 bits per heavy atom. The van der Waals surface area contributed by atoms with E-state index in [-0.39, 0.29) is 11.5 Å². The maximum atomic E-state index is 13.7. The number of benzene rings is 1. The van der Waals surface area contributed by atoms with Crippen LogP contribution in [0, 0.1) is 11.7 Å². The molecule has 1 unspecified atom stereocenters. The summed E-state index contributed by atoms with van der Waals surface area (Å²) < 4.78 is 15.2. The van der Waals surface area contributed by atoms with Crippen LogP contribution in [-0.2, 0) is 11.8 Å². The molecule has 1 aromatic carbocycles. The third-order valence-electron chi connectivity index (χ3n) is 3.32. The number of aryl methyl sites for hydroxylation is 1. The topological polar surface area (TPSA) is 76.0 Å². The van der Waals surface area contributed by atoms with E-state index in [0.29, 0.717) is 5.82 Å². The van der Waals surface area contributed by atoms with Gasteiger partial charge in [-0.2, -0.15) is 5.10 Å². The van der Waals surface area contributed by atoms with Crippen LogP contribution in [0.5, 0.6) is 0 Å². The molecule has 0 aliphatic rings. The first kappa shape index (κ1) is 16.7. The highest BCUT2D eigenvalue weighted by Gasteiger charge is 2.26. The van der Waals surface area contributed by atoms with Crippen molar-refractivity contribution in [2.75, 3.05) is 5.32 Å². The van der Waals surface area contributed by atoms with E-state index in [1.54, 1.807) is 43.9 Å². The third-order valence-corrected chi connectivity index (χ3v) is 3.32. The van der Waals surface area contributed by atoms with Crippen molar-refractivity contribution in [2.24, 2.45) is 13.0 Å². The fourth-order valence-corrected chi connectivity index (χ4v) is 2.09. The van der Waals surface area contributed by atoms with Crippen molar-refractivity contribution in [1.82, 2.24) is 15.1 Å². The molecule has 1 heterocycles. The van der Waals surface area contributed by atoms with Gasteiger partial charge in [0.2, 0.25) is 5.91 Å². The van der Waals surface area contributed by atoms with E-state index in [2.05, 4.69) is 15.7 Å². The minimum Gasteiger partial charge on any atom is -0.340 e. The quantitative estimate of drug-likeness (QED) is 0.885. The predicted molar refractivity (Wildman–Crippen MR) is 84.3 cm³/mol. The number of aromatic nitrogens is 2. The molecule has 1 atom stereocenters. The summed E-state index contributed by atoms with van der Waals surface area (Å²) in [6, 6.07) is 6.49. The van der Waals surface area contributed by atoms with E-state index in [4.69, 9.17) is 0 Å². The highest BCUT2D eigenvalue weighted by Crippen LogP contribution is 2.10. The molecule has 0 spiro atoms. The number of carbonyl (C=O) groups is 2. The van der Waals surface area contributed by atoms with Crippen LogP contribution >= 0.6 is 0 Å². The summed E-state index contributed by atoms with van der Waals surface area (Å²) >= 11 is 0. The zero-order valence-electron chi connectivity index (χ0n) is 13.2. The third kappa shape index (κ3) is 4.15. The van der Waals surface area contributed by atoms with E-state index in [1.807, 2.05) is 0 Å². The van der Waals surface area contributed by atoms with Crippen molar-refractivity contribution >= 4 is 17.6 Å². The molecule has 122 valence electrons. The van der Waals surface area contributed by atoms with Crippen LogP contribution in [0.1, 0.15) is 24.2 Å². The SMILES string of the molecule is CC(C)C(NC(=O)c1ccccc1F)C(=O)Nc1ccn(C)n1. The lowest BCUT2D eigenvalue weighted by Crippen LogP contribution is -2.47. The van der Waals surface area contributed by atoms with E-state index < -0.39 is 23.7 Å². The molecule has 2 amide bonds. The van der Waals surface area contributed by atoms with Gasteiger partial charge in [-0.1, -0.05) is 26.0 Å². The highest BCUT2D eigenvalue weighted by molar-refractivity contribution is 6.01. The number of hydrogen-bond donors (Lipinski definition) is 2. The zero-order chi connectivity index (χ0) is 17.0. The molecule has 2 aromatic rings. The summed E-state index contributed by atoms with van der Waals surface area (Å²) in [6.45, 7) is 3.59. The largest absolute Gasteiger partial charge is 0.340 e. The molecule has 0 bridgehead atoms. The predicted octanol–water partition coefficient (Wildman–Crippen LogP) is 1.95. The van der Waals surface area contributed by atoms with Crippen LogP contribution in [-0.4, -0.2) is 27.6 Å². The number of amides is 2. The Labute approximate surface area is 133 Å². The van der Waals surface area contributed by atoms with E-state index >= 15 is 0 Å². The van der Waals surface area contributed by atoms with Gasteiger partial charge < -0.3 is 10.6 Å². The average Bonchev–Trinajstić information content (AvgIpc) is 2.89. The summed E-state index contributed by atoms with van der Waals surface area (Å²) in [4.78, 5) is 24.5. The molecule has 6 nitrogen and oxygen atoms in total. The van der Waals surface area contributed by atoms with Crippen molar-refractivity contribution in [3.05, 3.63) is 47.9 Å². The maximum absolute atomic E-state index is 13.7. The average molecular weight is 318 g/mol. The maximum Gasteiger partial charge on any atom is 0.254 e. The Kier molecular flexibility index (Phi) is 5.10. The Morgan fingerprint density at radius 2 is 1.91 bits per heavy atom. The van der Waals surface area contributed by atoms with E-state index in [9.17, 15) is 14.0 Å². The molecule has 7 heteroatoms. The van der Waals surface area contributed by atoms with Gasteiger partial charge in [-0.05, 0) is 18.1 Å². The summed E-state index contributed by atoms with van der Waals surface area (Å²) in [7, 11) is 1.73. The Bertz CT molecular complexity index is 712. The van der Waals surface area contributed by atoms with Crippen molar-refractivity contribution in [2.45, 2.75) is 19.9 Å². The zero-order valence-corrected chi connectivity index (χ0v) is 13.2. The molecule has 0 fully saturated rings. The molecule has 1 aromatic heterocycles. The summed E-state index contributed by atoms with van der Waals surface area (Å²) in [5.74, 6) is -1.43. The van der Waals surface area contributed by atoms with Gasteiger partial charge in [-0.25, -0.2) is 4.39 Å². The lowest BCUT2D eigenvalue weighted by Gasteiger charge is -2.21. The van der Waals surface area contributed by atoms with Gasteiger partial charge in [0.15, 0.2) is 5.82 Å². The first-order chi connectivity index (χ1) is 10.9. The molecular formula is C16H19FN4O2. The molecule has 0 radical (unpaired) electrons. The number of rotatable bonds is 5. The second kappa shape index (κ2) is 7.04. The van der Waals surface area contributed by atoms with Gasteiger partial charge in [0.05, 0.1) is 5.56 Å². The normalized spacial score (nSPS) is 12.0. The van der Waals surface area contributed by atoms with Crippen molar-refractivity contribution < 1.29 is 14.0 Å². The monoisotopic (exact) mass is 318 g/mol. The molecule has 2 N–H and O–H groups in total. The minimum atomic E-state index is -0.802. The summed E-state index contributed by atoms with van der Waals surface area (Å²) in [6.07, 6.45) is 1.69. The van der Waals surface area contributed by atoms with Gasteiger partial charge in [-0.3, -0.25) is 14.3 Å². The Hall–Kier alpha value is -2.70. The van der Waals surface area contributed by atoms with Crippen LogP contribution in [0.4, 0.5) is 10.2 Å². The fourth-order valence-electron chi connectivity index (χ4n) is 2.09. The molecule has 2 rings (SSSR count). The molecule has 0 saturated carbocycles. The van der Waals surface area contributed by atoms with Crippen LogP contribution in [0.25, 0.3) is 0 Å². The van der Waals surface area contributed by atoms with Crippen molar-refractivity contribution in [3.63, 3.8) is 0 Å². The Morgan fingerprint density at radius 1 is 1.22 bits per heavy atom. The van der Waals surface area contributed by atoms with Gasteiger partial charge in [0.1, 0.15) is 11.9 Å².